The van der Waals surface area contributed by atoms with Crippen molar-refractivity contribution in [2.24, 2.45) is 0 Å². The van der Waals surface area contributed by atoms with Crippen molar-refractivity contribution in [3.63, 3.8) is 0 Å². The van der Waals surface area contributed by atoms with E-state index < -0.39 is 18.0 Å². The molecule has 7 heteroatoms. The van der Waals surface area contributed by atoms with Crippen LogP contribution in [0.5, 0.6) is 0 Å². The van der Waals surface area contributed by atoms with E-state index in [9.17, 15) is 18.8 Å². The Morgan fingerprint density at radius 2 is 1.67 bits per heavy atom. The average Bonchev–Trinajstić information content (AvgIpc) is 2.63. The number of hydrogen-bond donors (Lipinski definition) is 2. The van der Waals surface area contributed by atoms with Gasteiger partial charge in [-0.05, 0) is 55.3 Å². The molecular weight excluding hydrogens is 351 g/mol. The van der Waals surface area contributed by atoms with Crippen molar-refractivity contribution in [1.29, 1.82) is 0 Å². The van der Waals surface area contributed by atoms with Gasteiger partial charge in [0.05, 0.1) is 5.56 Å². The first-order valence-corrected chi connectivity index (χ1v) is 8.46. The van der Waals surface area contributed by atoms with Crippen LogP contribution in [-0.4, -0.2) is 30.4 Å². The molecule has 0 aliphatic rings. The van der Waals surface area contributed by atoms with Gasteiger partial charge in [-0.2, -0.15) is 0 Å². The van der Waals surface area contributed by atoms with Gasteiger partial charge in [0.15, 0.2) is 6.10 Å². The van der Waals surface area contributed by atoms with Gasteiger partial charge in [-0.15, -0.1) is 0 Å². The zero-order valence-electron chi connectivity index (χ0n) is 15.1. The number of carbonyl (C=O) groups is 3. The highest BCUT2D eigenvalue weighted by Crippen LogP contribution is 2.11. The average molecular weight is 372 g/mol. The molecule has 2 aromatic carbocycles. The summed E-state index contributed by atoms with van der Waals surface area (Å²) in [5.74, 6) is -1.57. The lowest BCUT2D eigenvalue weighted by Crippen LogP contribution is -2.36. The van der Waals surface area contributed by atoms with E-state index in [0.717, 1.165) is 5.56 Å². The van der Waals surface area contributed by atoms with Gasteiger partial charge >= 0.3 is 5.97 Å². The molecule has 27 heavy (non-hydrogen) atoms. The predicted molar refractivity (Wildman–Crippen MR) is 98.7 cm³/mol. The van der Waals surface area contributed by atoms with Crippen LogP contribution < -0.4 is 10.6 Å². The van der Waals surface area contributed by atoms with Gasteiger partial charge in [-0.1, -0.05) is 12.1 Å². The summed E-state index contributed by atoms with van der Waals surface area (Å²) in [6.45, 7) is 3.22. The van der Waals surface area contributed by atoms with E-state index >= 15 is 0 Å². The van der Waals surface area contributed by atoms with Crippen LogP contribution in [0.25, 0.3) is 0 Å². The van der Waals surface area contributed by atoms with Crippen molar-refractivity contribution < 1.29 is 23.5 Å². The highest BCUT2D eigenvalue weighted by atomic mass is 19.1. The van der Waals surface area contributed by atoms with Crippen molar-refractivity contribution in [2.45, 2.75) is 26.4 Å². The third-order valence-electron chi connectivity index (χ3n) is 3.72. The molecule has 142 valence electrons. The summed E-state index contributed by atoms with van der Waals surface area (Å²) in [6.07, 6.45) is -0.419. The highest BCUT2D eigenvalue weighted by Gasteiger charge is 2.18. The maximum Gasteiger partial charge on any atom is 0.338 e. The fraction of sp³-hybridized carbons (Fsp3) is 0.250. The van der Waals surface area contributed by atoms with Crippen molar-refractivity contribution in [1.82, 2.24) is 5.32 Å². The van der Waals surface area contributed by atoms with Crippen LogP contribution >= 0.6 is 0 Å². The van der Waals surface area contributed by atoms with Gasteiger partial charge in [-0.25, -0.2) is 9.18 Å². The third kappa shape index (κ3) is 6.54. The van der Waals surface area contributed by atoms with Gasteiger partial charge in [0.1, 0.15) is 5.82 Å². The zero-order valence-corrected chi connectivity index (χ0v) is 15.1. The molecule has 1 atom stereocenters. The topological polar surface area (TPSA) is 84.5 Å². The number of benzene rings is 2. The molecule has 0 saturated carbocycles. The standard InChI is InChI=1S/C20H21FN2O4/c1-13(19(25)22-12-11-15-3-7-17(21)8-4-15)27-20(26)16-5-9-18(10-6-16)23-14(2)24/h3-10,13H,11-12H2,1-2H3,(H,22,25)(H,23,24)/t13-/m0/s1. The summed E-state index contributed by atoms with van der Waals surface area (Å²) in [5, 5.41) is 5.27. The molecule has 0 bridgehead atoms. The number of esters is 1. The zero-order chi connectivity index (χ0) is 19.8. The Labute approximate surface area is 156 Å². The van der Waals surface area contributed by atoms with Crippen molar-refractivity contribution in [3.8, 4) is 0 Å². The Bertz CT molecular complexity index is 804. The number of nitrogens with one attached hydrogen (secondary N) is 2. The van der Waals surface area contributed by atoms with Crippen LogP contribution in [0.2, 0.25) is 0 Å². The number of hydrogen-bond acceptors (Lipinski definition) is 4. The summed E-state index contributed by atoms with van der Waals surface area (Å²) in [7, 11) is 0. The van der Waals surface area contributed by atoms with Crippen LogP contribution in [0.4, 0.5) is 10.1 Å². The number of anilines is 1. The fourth-order valence-electron chi connectivity index (χ4n) is 2.30. The molecule has 0 aromatic heterocycles. The normalized spacial score (nSPS) is 11.4. The Morgan fingerprint density at radius 1 is 1.04 bits per heavy atom. The molecule has 0 radical (unpaired) electrons. The van der Waals surface area contributed by atoms with Gasteiger partial charge in [0, 0.05) is 19.2 Å². The highest BCUT2D eigenvalue weighted by molar-refractivity contribution is 5.93. The van der Waals surface area contributed by atoms with Crippen LogP contribution in [0.1, 0.15) is 29.8 Å². The first-order chi connectivity index (χ1) is 12.8. The first-order valence-electron chi connectivity index (χ1n) is 8.46. The monoisotopic (exact) mass is 372 g/mol. The van der Waals surface area contributed by atoms with Gasteiger partial charge in [0.25, 0.3) is 5.91 Å². The molecule has 2 N–H and O–H groups in total. The van der Waals surface area contributed by atoms with E-state index in [2.05, 4.69) is 10.6 Å². The van der Waals surface area contributed by atoms with E-state index in [1.54, 1.807) is 24.3 Å². The minimum absolute atomic E-state index is 0.212. The fourth-order valence-corrected chi connectivity index (χ4v) is 2.30. The lowest BCUT2D eigenvalue weighted by atomic mass is 10.1. The number of rotatable bonds is 7. The summed E-state index contributed by atoms with van der Waals surface area (Å²) >= 11 is 0. The van der Waals surface area contributed by atoms with E-state index in [1.165, 1.54) is 38.1 Å². The van der Waals surface area contributed by atoms with E-state index in [4.69, 9.17) is 4.74 Å². The number of halogens is 1. The minimum Gasteiger partial charge on any atom is -0.449 e. The van der Waals surface area contributed by atoms with Crippen molar-refractivity contribution >= 4 is 23.5 Å². The van der Waals surface area contributed by atoms with E-state index in [-0.39, 0.29) is 17.3 Å². The summed E-state index contributed by atoms with van der Waals surface area (Å²) in [5.41, 5.74) is 1.72. The number of amides is 2. The predicted octanol–water partition coefficient (Wildman–Crippen LogP) is 2.69. The summed E-state index contributed by atoms with van der Waals surface area (Å²) in [6, 6.07) is 12.2. The maximum atomic E-state index is 12.8. The lowest BCUT2D eigenvalue weighted by molar-refractivity contribution is -0.129. The van der Waals surface area contributed by atoms with Crippen LogP contribution in [0.15, 0.2) is 48.5 Å². The van der Waals surface area contributed by atoms with Gasteiger partial charge in [-0.3, -0.25) is 9.59 Å². The number of ether oxygens (including phenoxy) is 1. The second-order valence-corrected chi connectivity index (χ2v) is 5.97. The molecule has 0 spiro atoms. The van der Waals surface area contributed by atoms with Crippen molar-refractivity contribution in [2.75, 3.05) is 11.9 Å². The molecule has 0 saturated heterocycles. The van der Waals surface area contributed by atoms with Crippen LogP contribution in [-0.2, 0) is 20.7 Å². The van der Waals surface area contributed by atoms with E-state index in [0.29, 0.717) is 18.7 Å². The smallest absolute Gasteiger partial charge is 0.338 e. The summed E-state index contributed by atoms with van der Waals surface area (Å²) < 4.78 is 18.0. The molecule has 2 amide bonds. The molecule has 2 aromatic rings. The molecule has 0 unspecified atom stereocenters. The molecule has 0 aliphatic heterocycles. The minimum atomic E-state index is -0.958. The van der Waals surface area contributed by atoms with Gasteiger partial charge < -0.3 is 15.4 Å². The largest absolute Gasteiger partial charge is 0.449 e. The van der Waals surface area contributed by atoms with Crippen LogP contribution in [0, 0.1) is 5.82 Å². The number of carbonyl (C=O) groups excluding carboxylic acids is 3. The Morgan fingerprint density at radius 3 is 2.26 bits per heavy atom. The van der Waals surface area contributed by atoms with Crippen molar-refractivity contribution in [3.05, 3.63) is 65.5 Å². The Hall–Kier alpha value is -3.22. The Balaban J connectivity index is 1.79. The molecule has 2 rings (SSSR count). The molecular formula is C20H21FN2O4. The first kappa shape index (κ1) is 20.1. The molecule has 6 nitrogen and oxygen atoms in total. The van der Waals surface area contributed by atoms with Gasteiger partial charge in [0.2, 0.25) is 5.91 Å². The summed E-state index contributed by atoms with van der Waals surface area (Å²) in [4.78, 5) is 35.1. The Kier molecular flexibility index (Phi) is 7.05. The lowest BCUT2D eigenvalue weighted by Gasteiger charge is -2.14. The second kappa shape index (κ2) is 9.47. The SMILES string of the molecule is CC(=O)Nc1ccc(C(=O)O[C@@H](C)C(=O)NCCc2ccc(F)cc2)cc1. The van der Waals surface area contributed by atoms with Crippen LogP contribution in [0.3, 0.4) is 0 Å². The third-order valence-corrected chi connectivity index (χ3v) is 3.72. The quantitative estimate of drug-likeness (QED) is 0.732. The second-order valence-electron chi connectivity index (χ2n) is 5.97. The maximum absolute atomic E-state index is 12.8. The molecule has 0 aliphatic carbocycles. The molecule has 0 fully saturated rings. The van der Waals surface area contributed by atoms with E-state index in [1.807, 2.05) is 0 Å². The molecule has 0 heterocycles.